The Kier molecular flexibility index (Phi) is 6.12. The molecule has 0 bridgehead atoms. The van der Waals surface area contributed by atoms with Crippen molar-refractivity contribution in [3.05, 3.63) is 119 Å². The molecular weight excluding hydrogens is 489 g/mol. The number of benzene rings is 4. The van der Waals surface area contributed by atoms with Crippen LogP contribution in [-0.4, -0.2) is 6.15 Å². The highest BCUT2D eigenvalue weighted by Crippen LogP contribution is 2.25. The Hall–Kier alpha value is -3.76. The van der Waals surface area contributed by atoms with E-state index in [1.165, 1.54) is 36.4 Å². The molecule has 0 aromatic heterocycles. The molecule has 0 amide bonds. The highest BCUT2D eigenvalue weighted by atomic mass is 19.2. The second-order valence-corrected chi connectivity index (χ2v) is 7.65. The van der Waals surface area contributed by atoms with E-state index in [4.69, 9.17) is 0 Å². The average Bonchev–Trinajstić information content (AvgIpc) is 2.88. The van der Waals surface area contributed by atoms with E-state index in [2.05, 4.69) is 0 Å². The largest absolute Gasteiger partial charge is 0.207 e. The highest BCUT2D eigenvalue weighted by molar-refractivity contribution is 7.20. The van der Waals surface area contributed by atoms with Crippen molar-refractivity contribution in [2.24, 2.45) is 0 Å². The quantitative estimate of drug-likeness (QED) is 0.169. The van der Waals surface area contributed by atoms with E-state index in [9.17, 15) is 26.3 Å². The van der Waals surface area contributed by atoms with Crippen LogP contribution in [0.1, 0.15) is 0 Å². The molecule has 11 heteroatoms. The van der Waals surface area contributed by atoms with Gasteiger partial charge in [0, 0.05) is 0 Å². The molecule has 0 heterocycles. The second-order valence-electron chi connectivity index (χ2n) is 7.65. The lowest BCUT2D eigenvalue weighted by Gasteiger charge is -2.44. The van der Waals surface area contributed by atoms with Crippen LogP contribution in [0.4, 0.5) is 43.9 Å². The van der Waals surface area contributed by atoms with Crippen molar-refractivity contribution in [1.29, 1.82) is 0 Å². The van der Waals surface area contributed by atoms with Gasteiger partial charge < -0.3 is 0 Å². The first-order chi connectivity index (χ1) is 16.6. The van der Waals surface area contributed by atoms with E-state index in [0.717, 1.165) is 24.3 Å². The standard InChI is InChI=1S/C24H10BF10/c26-15-13(16(27)20(31)23(34)19(15)30)25(11-7-3-1-4-8-11,12-9-5-2-6-10-12)14-17(28)21(32)24(35)22(33)18(14)29/h1-10H/q-1. The molecule has 0 saturated carbocycles. The Balaban J connectivity index is 2.41. The Morgan fingerprint density at radius 3 is 0.800 bits per heavy atom. The summed E-state index contributed by atoms with van der Waals surface area (Å²) in [6.07, 6.45) is -4.22. The van der Waals surface area contributed by atoms with Crippen LogP contribution in [0.3, 0.4) is 0 Å². The third-order valence-electron chi connectivity index (χ3n) is 5.95. The zero-order valence-corrected chi connectivity index (χ0v) is 17.1. The predicted octanol–water partition coefficient (Wildman–Crippen LogP) is 4.46. The number of hydrogen-bond acceptors (Lipinski definition) is 0. The minimum Gasteiger partial charge on any atom is -0.207 e. The normalized spacial score (nSPS) is 11.7. The summed E-state index contributed by atoms with van der Waals surface area (Å²) in [6.45, 7) is 0. The zero-order chi connectivity index (χ0) is 25.7. The first-order valence-electron chi connectivity index (χ1n) is 9.87. The van der Waals surface area contributed by atoms with Crippen LogP contribution in [0.2, 0.25) is 0 Å². The van der Waals surface area contributed by atoms with Crippen LogP contribution in [0.5, 0.6) is 0 Å². The SMILES string of the molecule is Fc1c(F)c(F)c([B-](c2ccccc2)(c2ccccc2)c2c(F)c(F)c(F)c(F)c2F)c(F)c1F. The van der Waals surface area contributed by atoms with Gasteiger partial charge in [0.2, 0.25) is 0 Å². The van der Waals surface area contributed by atoms with Crippen LogP contribution in [0.25, 0.3) is 0 Å². The second kappa shape index (κ2) is 8.79. The van der Waals surface area contributed by atoms with Crippen LogP contribution < -0.4 is 21.9 Å². The van der Waals surface area contributed by atoms with Crippen molar-refractivity contribution >= 4 is 28.0 Å². The molecule has 4 aromatic rings. The van der Waals surface area contributed by atoms with Crippen LogP contribution in [0.15, 0.2) is 60.7 Å². The van der Waals surface area contributed by atoms with E-state index in [0.29, 0.717) is 0 Å². The summed E-state index contributed by atoms with van der Waals surface area (Å²) in [5, 5.41) is 0. The molecule has 0 atom stereocenters. The van der Waals surface area contributed by atoms with Gasteiger partial charge in [-0.05, 0) is 0 Å². The smallest absolute Gasteiger partial charge is 0.200 e. The molecule has 0 aliphatic rings. The molecule has 0 aliphatic heterocycles. The molecule has 0 radical (unpaired) electrons. The van der Waals surface area contributed by atoms with Gasteiger partial charge in [0.05, 0.1) is 0 Å². The van der Waals surface area contributed by atoms with E-state index >= 15 is 17.6 Å². The Morgan fingerprint density at radius 1 is 0.314 bits per heavy atom. The molecule has 0 N–H and O–H groups in total. The molecule has 0 aliphatic carbocycles. The van der Waals surface area contributed by atoms with Gasteiger partial charge in [-0.15, -0.1) is 10.9 Å². The fourth-order valence-electron chi connectivity index (χ4n) is 4.49. The topological polar surface area (TPSA) is 0 Å². The lowest BCUT2D eigenvalue weighted by molar-refractivity contribution is 0.382. The molecule has 4 aromatic carbocycles. The van der Waals surface area contributed by atoms with E-state index in [1.54, 1.807) is 0 Å². The summed E-state index contributed by atoms with van der Waals surface area (Å²) in [5.41, 5.74) is -4.49. The van der Waals surface area contributed by atoms with Gasteiger partial charge in [-0.25, -0.2) is 43.9 Å². The monoisotopic (exact) mass is 499 g/mol. The molecule has 0 unspecified atom stereocenters. The Morgan fingerprint density at radius 2 is 0.543 bits per heavy atom. The van der Waals surface area contributed by atoms with E-state index in [1.807, 2.05) is 0 Å². The van der Waals surface area contributed by atoms with E-state index in [-0.39, 0.29) is 0 Å². The Labute approximate surface area is 191 Å². The summed E-state index contributed by atoms with van der Waals surface area (Å²) in [5.74, 6) is -24.9. The Bertz CT molecular complexity index is 1270. The van der Waals surface area contributed by atoms with Crippen molar-refractivity contribution < 1.29 is 43.9 Å². The molecule has 0 nitrogen and oxygen atoms in total. The minimum atomic E-state index is -4.22. The van der Waals surface area contributed by atoms with Crippen molar-refractivity contribution in [2.75, 3.05) is 0 Å². The van der Waals surface area contributed by atoms with Crippen LogP contribution in [-0.2, 0) is 0 Å². The van der Waals surface area contributed by atoms with Crippen molar-refractivity contribution in [1.82, 2.24) is 0 Å². The summed E-state index contributed by atoms with van der Waals surface area (Å²) in [7, 11) is 0. The van der Waals surface area contributed by atoms with Crippen molar-refractivity contribution in [3.63, 3.8) is 0 Å². The molecule has 0 fully saturated rings. The van der Waals surface area contributed by atoms with Crippen molar-refractivity contribution in [3.8, 4) is 0 Å². The van der Waals surface area contributed by atoms with Gasteiger partial charge in [-0.3, -0.25) is 0 Å². The highest BCUT2D eigenvalue weighted by Gasteiger charge is 2.44. The lowest BCUT2D eigenvalue weighted by atomic mass is 9.12. The molecular formula is C24H10BF10-. The molecule has 0 spiro atoms. The van der Waals surface area contributed by atoms with Gasteiger partial charge in [-0.1, -0.05) is 60.7 Å². The summed E-state index contributed by atoms with van der Waals surface area (Å²) in [4.78, 5) is 0. The molecule has 35 heavy (non-hydrogen) atoms. The summed E-state index contributed by atoms with van der Waals surface area (Å²) >= 11 is 0. The molecule has 4 rings (SSSR count). The lowest BCUT2D eigenvalue weighted by Crippen LogP contribution is -2.78. The number of rotatable bonds is 4. The van der Waals surface area contributed by atoms with Gasteiger partial charge in [0.25, 0.3) is 0 Å². The van der Waals surface area contributed by atoms with Crippen LogP contribution in [0, 0.1) is 58.2 Å². The van der Waals surface area contributed by atoms with E-state index < -0.39 is 86.2 Å². The zero-order valence-electron chi connectivity index (χ0n) is 17.1. The summed E-state index contributed by atoms with van der Waals surface area (Å²) < 4.78 is 146. The first-order valence-corrected chi connectivity index (χ1v) is 9.87. The van der Waals surface area contributed by atoms with Gasteiger partial charge >= 0.3 is 0 Å². The maximum atomic E-state index is 15.3. The number of halogens is 10. The van der Waals surface area contributed by atoms with Crippen molar-refractivity contribution in [2.45, 2.75) is 0 Å². The fourth-order valence-corrected chi connectivity index (χ4v) is 4.49. The van der Waals surface area contributed by atoms with Crippen LogP contribution >= 0.6 is 0 Å². The van der Waals surface area contributed by atoms with Gasteiger partial charge in [-0.2, -0.15) is 10.9 Å². The third kappa shape index (κ3) is 3.40. The summed E-state index contributed by atoms with van der Waals surface area (Å²) in [6, 6.07) is 11.6. The van der Waals surface area contributed by atoms with Gasteiger partial charge in [0.1, 0.15) is 29.4 Å². The predicted molar refractivity (Wildman–Crippen MR) is 110 cm³/mol. The first kappa shape index (κ1) is 24.4. The maximum absolute atomic E-state index is 15.3. The average molecular weight is 499 g/mol. The fraction of sp³-hybridized carbons (Fsp3) is 0. The minimum absolute atomic E-state index is 0.481. The molecule has 180 valence electrons. The third-order valence-corrected chi connectivity index (χ3v) is 5.95. The van der Waals surface area contributed by atoms with Gasteiger partial charge in [0.15, 0.2) is 34.9 Å². The number of hydrogen-bond donors (Lipinski definition) is 0. The molecule has 0 saturated heterocycles. The maximum Gasteiger partial charge on any atom is 0.200 e.